The maximum absolute atomic E-state index is 12.3. The lowest BCUT2D eigenvalue weighted by atomic mass is 10.1. The molecule has 1 aromatic carbocycles. The average molecular weight is 299 g/mol. The summed E-state index contributed by atoms with van der Waals surface area (Å²) in [7, 11) is -3.70. The van der Waals surface area contributed by atoms with E-state index in [0.717, 1.165) is 0 Å². The summed E-state index contributed by atoms with van der Waals surface area (Å²) in [6, 6.07) is 4.53. The molecule has 8 heteroatoms. The van der Waals surface area contributed by atoms with Crippen molar-refractivity contribution in [3.05, 3.63) is 23.8 Å². The molecule has 7 nitrogen and oxygen atoms in total. The number of sulfonamides is 1. The van der Waals surface area contributed by atoms with Gasteiger partial charge in [-0.05, 0) is 37.6 Å². The molecule has 1 aliphatic rings. The average Bonchev–Trinajstić information content (AvgIpc) is 2.66. The number of carbonyl (C=O) groups is 1. The third-order valence-electron chi connectivity index (χ3n) is 2.87. The van der Waals surface area contributed by atoms with Crippen molar-refractivity contribution in [2.75, 3.05) is 11.9 Å². The van der Waals surface area contributed by atoms with Gasteiger partial charge >= 0.3 is 0 Å². The molecular formula is C12H17N3O4S. The summed E-state index contributed by atoms with van der Waals surface area (Å²) < 4.78 is 27.1. The number of nitrogens with two attached hydrogens (primary N) is 1. The van der Waals surface area contributed by atoms with E-state index in [2.05, 4.69) is 14.9 Å². The Morgan fingerprint density at radius 2 is 2.15 bits per heavy atom. The van der Waals surface area contributed by atoms with E-state index in [9.17, 15) is 13.2 Å². The molecule has 1 aromatic rings. The lowest BCUT2D eigenvalue weighted by Gasteiger charge is -2.24. The van der Waals surface area contributed by atoms with Gasteiger partial charge in [-0.25, -0.2) is 19.0 Å². The summed E-state index contributed by atoms with van der Waals surface area (Å²) >= 11 is 0. The summed E-state index contributed by atoms with van der Waals surface area (Å²) in [6.07, 6.45) is 0.188. The third kappa shape index (κ3) is 3.15. The van der Waals surface area contributed by atoms with Crippen LogP contribution >= 0.6 is 0 Å². The van der Waals surface area contributed by atoms with Crippen LogP contribution in [-0.2, 0) is 26.1 Å². The molecule has 0 radical (unpaired) electrons. The molecular weight excluding hydrogens is 282 g/mol. The Hall–Kier alpha value is -1.48. The zero-order valence-corrected chi connectivity index (χ0v) is 12.1. The van der Waals surface area contributed by atoms with E-state index in [1.54, 1.807) is 19.9 Å². The Bertz CT molecular complexity index is 640. The second-order valence-corrected chi connectivity index (χ2v) is 7.03. The van der Waals surface area contributed by atoms with Crippen LogP contribution in [0.2, 0.25) is 0 Å². The number of fused-ring (bicyclic) bond motifs is 1. The molecule has 0 bridgehead atoms. The number of rotatable bonds is 5. The van der Waals surface area contributed by atoms with Gasteiger partial charge < -0.3 is 10.2 Å². The number of hydrogen-bond donors (Lipinski definition) is 3. The first-order valence-corrected chi connectivity index (χ1v) is 7.50. The molecule has 0 spiro atoms. The summed E-state index contributed by atoms with van der Waals surface area (Å²) in [5, 5.41) is 2.65. The third-order valence-corrected chi connectivity index (χ3v) is 4.56. The molecule has 0 atom stereocenters. The number of amides is 1. The van der Waals surface area contributed by atoms with E-state index in [-0.39, 0.29) is 23.8 Å². The summed E-state index contributed by atoms with van der Waals surface area (Å²) in [4.78, 5) is 15.9. The van der Waals surface area contributed by atoms with Crippen molar-refractivity contribution >= 4 is 21.6 Å². The molecule has 4 N–H and O–H groups in total. The Labute approximate surface area is 117 Å². The van der Waals surface area contributed by atoms with E-state index < -0.39 is 15.6 Å². The predicted octanol–water partition coefficient (Wildman–Crippen LogP) is 0.128. The number of benzene rings is 1. The van der Waals surface area contributed by atoms with Crippen LogP contribution in [0.3, 0.4) is 0 Å². The zero-order chi connectivity index (χ0) is 15.0. The van der Waals surface area contributed by atoms with Gasteiger partial charge in [0.1, 0.15) is 0 Å². The topological polar surface area (TPSA) is 111 Å². The monoisotopic (exact) mass is 299 g/mol. The molecule has 1 aliphatic heterocycles. The highest BCUT2D eigenvalue weighted by Gasteiger charge is 2.28. The highest BCUT2D eigenvalue weighted by molar-refractivity contribution is 7.89. The first-order chi connectivity index (χ1) is 9.23. The van der Waals surface area contributed by atoms with Gasteiger partial charge in [-0.3, -0.25) is 4.79 Å². The van der Waals surface area contributed by atoms with Gasteiger partial charge in [-0.1, -0.05) is 0 Å². The molecule has 110 valence electrons. The van der Waals surface area contributed by atoms with E-state index >= 15 is 0 Å². The van der Waals surface area contributed by atoms with E-state index in [4.69, 9.17) is 5.90 Å². The molecule has 0 aromatic heterocycles. The maximum Gasteiger partial charge on any atom is 0.241 e. The van der Waals surface area contributed by atoms with Crippen molar-refractivity contribution in [1.29, 1.82) is 0 Å². The Balaban J connectivity index is 2.27. The summed E-state index contributed by atoms with van der Waals surface area (Å²) in [5.74, 6) is 4.84. The summed E-state index contributed by atoms with van der Waals surface area (Å²) in [5.41, 5.74) is 0.491. The fraction of sp³-hybridized carbons (Fsp3) is 0.417. The SMILES string of the molecule is CC(C)(CON)NS(=O)(=O)c1ccc2c(c1)CC(=O)N2. The minimum Gasteiger partial charge on any atom is -0.326 e. The van der Waals surface area contributed by atoms with Crippen molar-refractivity contribution < 1.29 is 18.0 Å². The van der Waals surface area contributed by atoms with Crippen molar-refractivity contribution in [2.45, 2.75) is 30.7 Å². The smallest absolute Gasteiger partial charge is 0.241 e. The zero-order valence-electron chi connectivity index (χ0n) is 11.3. The molecule has 0 fully saturated rings. The van der Waals surface area contributed by atoms with Crippen LogP contribution < -0.4 is 15.9 Å². The molecule has 20 heavy (non-hydrogen) atoms. The predicted molar refractivity (Wildman–Crippen MR) is 73.3 cm³/mol. The summed E-state index contributed by atoms with van der Waals surface area (Å²) in [6.45, 7) is 3.36. The highest BCUT2D eigenvalue weighted by atomic mass is 32.2. The number of anilines is 1. The fourth-order valence-corrected chi connectivity index (χ4v) is 3.48. The number of carbonyl (C=O) groups excluding carboxylic acids is 1. The van der Waals surface area contributed by atoms with Crippen molar-refractivity contribution in [2.24, 2.45) is 5.90 Å². The van der Waals surface area contributed by atoms with Gasteiger partial charge in [-0.2, -0.15) is 0 Å². The lowest BCUT2D eigenvalue weighted by molar-refractivity contribution is -0.115. The van der Waals surface area contributed by atoms with Crippen LogP contribution in [0, 0.1) is 0 Å². The van der Waals surface area contributed by atoms with Crippen LogP contribution in [-0.4, -0.2) is 26.5 Å². The first-order valence-electron chi connectivity index (χ1n) is 6.02. The van der Waals surface area contributed by atoms with Gasteiger partial charge in [0, 0.05) is 5.69 Å². The van der Waals surface area contributed by atoms with Crippen LogP contribution in [0.15, 0.2) is 23.1 Å². The van der Waals surface area contributed by atoms with Gasteiger partial charge in [0.15, 0.2) is 0 Å². The quantitative estimate of drug-likeness (QED) is 0.669. The van der Waals surface area contributed by atoms with Gasteiger partial charge in [0.25, 0.3) is 0 Å². The van der Waals surface area contributed by atoms with Crippen molar-refractivity contribution in [3.63, 3.8) is 0 Å². The molecule has 0 unspecified atom stereocenters. The minimum atomic E-state index is -3.70. The van der Waals surface area contributed by atoms with Gasteiger partial charge in [-0.15, -0.1) is 0 Å². The normalized spacial score (nSPS) is 15.1. The van der Waals surface area contributed by atoms with E-state index in [1.165, 1.54) is 12.1 Å². The molecule has 0 saturated carbocycles. The van der Waals surface area contributed by atoms with Crippen LogP contribution in [0.25, 0.3) is 0 Å². The molecule has 0 saturated heterocycles. The maximum atomic E-state index is 12.3. The molecule has 0 aliphatic carbocycles. The standard InChI is InChI=1S/C12H17N3O4S/c1-12(2,7-19-13)15-20(17,18)9-3-4-10-8(5-9)6-11(16)14-10/h3-5,15H,6-7,13H2,1-2H3,(H,14,16). The minimum absolute atomic E-state index is 0.0389. The van der Waals surface area contributed by atoms with Crippen molar-refractivity contribution in [3.8, 4) is 0 Å². The lowest BCUT2D eigenvalue weighted by Crippen LogP contribution is -2.47. The largest absolute Gasteiger partial charge is 0.326 e. The van der Waals surface area contributed by atoms with Gasteiger partial charge in [0.2, 0.25) is 15.9 Å². The Morgan fingerprint density at radius 3 is 2.80 bits per heavy atom. The van der Waals surface area contributed by atoms with Gasteiger partial charge in [0.05, 0.1) is 23.5 Å². The molecule has 1 amide bonds. The van der Waals surface area contributed by atoms with Crippen LogP contribution in [0.5, 0.6) is 0 Å². The molecule has 2 rings (SSSR count). The second kappa shape index (κ2) is 5.13. The van der Waals surface area contributed by atoms with Crippen LogP contribution in [0.4, 0.5) is 5.69 Å². The number of nitrogens with one attached hydrogen (secondary N) is 2. The molecule has 1 heterocycles. The van der Waals surface area contributed by atoms with E-state index in [1.807, 2.05) is 0 Å². The second-order valence-electron chi connectivity index (χ2n) is 5.34. The van der Waals surface area contributed by atoms with E-state index in [0.29, 0.717) is 11.3 Å². The Kier molecular flexibility index (Phi) is 3.83. The van der Waals surface area contributed by atoms with Crippen molar-refractivity contribution in [1.82, 2.24) is 4.72 Å². The number of hydrogen-bond acceptors (Lipinski definition) is 5. The van der Waals surface area contributed by atoms with Crippen LogP contribution in [0.1, 0.15) is 19.4 Å². The highest BCUT2D eigenvalue weighted by Crippen LogP contribution is 2.26. The fourth-order valence-electron chi connectivity index (χ4n) is 2.03. The Morgan fingerprint density at radius 1 is 1.45 bits per heavy atom. The first kappa shape index (κ1) is 14.9.